The van der Waals surface area contributed by atoms with Gasteiger partial charge in [-0.2, -0.15) is 0 Å². The highest BCUT2D eigenvalue weighted by atomic mass is 14.7. The molecular weight excluding hydrogens is 290 g/mol. The minimum Gasteiger partial charge on any atom is -0.327 e. The first kappa shape index (κ1) is 15.2. The van der Waals surface area contributed by atoms with Gasteiger partial charge in [-0.1, -0.05) is 84.9 Å². The van der Waals surface area contributed by atoms with E-state index in [2.05, 4.69) is 84.9 Å². The average Bonchev–Trinajstić information content (AvgIpc) is 2.97. The van der Waals surface area contributed by atoms with Gasteiger partial charge in [-0.25, -0.2) is 0 Å². The normalized spacial score (nSPS) is 20.5. The molecule has 0 saturated carbocycles. The van der Waals surface area contributed by atoms with Gasteiger partial charge in [0, 0.05) is 12.0 Å². The highest BCUT2D eigenvalue weighted by molar-refractivity contribution is 5.42. The minimum absolute atomic E-state index is 0.191. The SMILES string of the molecule is NC1Cc2ccccc2C1C(Cc1ccccc1)c1ccccc1. The van der Waals surface area contributed by atoms with Gasteiger partial charge < -0.3 is 5.73 Å². The topological polar surface area (TPSA) is 26.0 Å². The lowest BCUT2D eigenvalue weighted by molar-refractivity contribution is 0.474. The van der Waals surface area contributed by atoms with E-state index in [1.54, 1.807) is 0 Å². The zero-order chi connectivity index (χ0) is 16.4. The van der Waals surface area contributed by atoms with Crippen molar-refractivity contribution in [2.75, 3.05) is 0 Å². The Hall–Kier alpha value is -2.38. The van der Waals surface area contributed by atoms with Crippen molar-refractivity contribution in [2.24, 2.45) is 5.73 Å². The second-order valence-electron chi connectivity index (χ2n) is 6.80. The maximum atomic E-state index is 6.62. The Morgan fingerprint density at radius 2 is 1.42 bits per heavy atom. The number of fused-ring (bicyclic) bond motifs is 1. The quantitative estimate of drug-likeness (QED) is 0.743. The molecule has 3 unspecified atom stereocenters. The van der Waals surface area contributed by atoms with Crippen molar-refractivity contribution >= 4 is 0 Å². The molecule has 3 aromatic rings. The Morgan fingerprint density at radius 1 is 0.792 bits per heavy atom. The smallest absolute Gasteiger partial charge is 0.0155 e. The summed E-state index contributed by atoms with van der Waals surface area (Å²) in [5.41, 5.74) is 12.2. The molecule has 1 aliphatic rings. The van der Waals surface area contributed by atoms with Gasteiger partial charge in [0.15, 0.2) is 0 Å². The maximum absolute atomic E-state index is 6.62. The summed E-state index contributed by atoms with van der Waals surface area (Å²) in [6, 6.07) is 30.6. The third kappa shape index (κ3) is 2.88. The van der Waals surface area contributed by atoms with Crippen molar-refractivity contribution in [1.82, 2.24) is 0 Å². The summed E-state index contributed by atoms with van der Waals surface area (Å²) in [6.07, 6.45) is 2.01. The number of benzene rings is 3. The van der Waals surface area contributed by atoms with Crippen molar-refractivity contribution in [1.29, 1.82) is 0 Å². The standard InChI is InChI=1S/C23H23N/c24-22-16-19-13-7-8-14-20(19)23(22)21(18-11-5-2-6-12-18)15-17-9-3-1-4-10-17/h1-14,21-23H,15-16,24H2. The summed E-state index contributed by atoms with van der Waals surface area (Å²) in [5.74, 6) is 0.788. The largest absolute Gasteiger partial charge is 0.327 e. The molecule has 0 bridgehead atoms. The van der Waals surface area contributed by atoms with Gasteiger partial charge in [-0.3, -0.25) is 0 Å². The third-order valence-electron chi connectivity index (χ3n) is 5.29. The monoisotopic (exact) mass is 313 g/mol. The van der Waals surface area contributed by atoms with Crippen LogP contribution in [0.5, 0.6) is 0 Å². The summed E-state index contributed by atoms with van der Waals surface area (Å²) in [4.78, 5) is 0. The van der Waals surface area contributed by atoms with Crippen LogP contribution in [0.4, 0.5) is 0 Å². The molecule has 3 aromatic carbocycles. The molecule has 0 fully saturated rings. The summed E-state index contributed by atoms with van der Waals surface area (Å²) < 4.78 is 0. The molecule has 4 rings (SSSR count). The fraction of sp³-hybridized carbons (Fsp3) is 0.217. The first-order valence-electron chi connectivity index (χ1n) is 8.75. The van der Waals surface area contributed by atoms with Crippen LogP contribution in [0.3, 0.4) is 0 Å². The summed E-state index contributed by atoms with van der Waals surface area (Å²) in [7, 11) is 0. The summed E-state index contributed by atoms with van der Waals surface area (Å²) in [5, 5.41) is 0. The van der Waals surface area contributed by atoms with E-state index in [9.17, 15) is 0 Å². The average molecular weight is 313 g/mol. The van der Waals surface area contributed by atoms with Crippen molar-refractivity contribution in [3.8, 4) is 0 Å². The molecule has 0 spiro atoms. The first-order chi connectivity index (χ1) is 11.8. The van der Waals surface area contributed by atoms with Crippen molar-refractivity contribution in [2.45, 2.75) is 30.7 Å². The Morgan fingerprint density at radius 3 is 2.17 bits per heavy atom. The van der Waals surface area contributed by atoms with E-state index >= 15 is 0 Å². The van der Waals surface area contributed by atoms with E-state index in [4.69, 9.17) is 5.73 Å². The van der Waals surface area contributed by atoms with Crippen molar-refractivity contribution in [3.05, 3.63) is 107 Å². The number of hydrogen-bond donors (Lipinski definition) is 1. The maximum Gasteiger partial charge on any atom is 0.0155 e. The van der Waals surface area contributed by atoms with Gasteiger partial charge in [0.25, 0.3) is 0 Å². The van der Waals surface area contributed by atoms with Gasteiger partial charge >= 0.3 is 0 Å². The molecule has 120 valence electrons. The molecule has 0 amide bonds. The van der Waals surface area contributed by atoms with Gasteiger partial charge in [-0.05, 0) is 41.0 Å². The first-order valence-corrected chi connectivity index (χ1v) is 8.75. The lowest BCUT2D eigenvalue weighted by Crippen LogP contribution is -2.30. The molecule has 1 heteroatoms. The van der Waals surface area contributed by atoms with Crippen LogP contribution in [0.2, 0.25) is 0 Å². The summed E-state index contributed by atoms with van der Waals surface area (Å²) in [6.45, 7) is 0. The van der Waals surface area contributed by atoms with Gasteiger partial charge in [0.1, 0.15) is 0 Å². The molecular formula is C23H23N. The van der Waals surface area contributed by atoms with Crippen LogP contribution < -0.4 is 5.73 Å². The molecule has 0 aliphatic heterocycles. The minimum atomic E-state index is 0.191. The van der Waals surface area contributed by atoms with E-state index in [1.165, 1.54) is 22.3 Å². The van der Waals surface area contributed by atoms with Gasteiger partial charge in [0.2, 0.25) is 0 Å². The molecule has 24 heavy (non-hydrogen) atoms. The third-order valence-corrected chi connectivity index (χ3v) is 5.29. The van der Waals surface area contributed by atoms with Gasteiger partial charge in [0.05, 0.1) is 0 Å². The van der Waals surface area contributed by atoms with Crippen LogP contribution in [0.25, 0.3) is 0 Å². The van der Waals surface area contributed by atoms with Crippen LogP contribution in [0.1, 0.15) is 34.1 Å². The Balaban J connectivity index is 1.76. The van der Waals surface area contributed by atoms with Crippen LogP contribution in [0, 0.1) is 0 Å². The van der Waals surface area contributed by atoms with Crippen molar-refractivity contribution < 1.29 is 0 Å². The number of rotatable bonds is 4. The number of nitrogens with two attached hydrogens (primary N) is 1. The lowest BCUT2D eigenvalue weighted by Gasteiger charge is -2.28. The lowest BCUT2D eigenvalue weighted by atomic mass is 9.77. The zero-order valence-electron chi connectivity index (χ0n) is 13.8. The van der Waals surface area contributed by atoms with Crippen LogP contribution in [0.15, 0.2) is 84.9 Å². The van der Waals surface area contributed by atoms with E-state index in [0.29, 0.717) is 11.8 Å². The Bertz CT molecular complexity index is 795. The number of hydrogen-bond acceptors (Lipinski definition) is 1. The summed E-state index contributed by atoms with van der Waals surface area (Å²) >= 11 is 0. The van der Waals surface area contributed by atoms with E-state index in [1.807, 2.05) is 0 Å². The molecule has 2 N–H and O–H groups in total. The molecule has 3 atom stereocenters. The van der Waals surface area contributed by atoms with E-state index < -0.39 is 0 Å². The fourth-order valence-electron chi connectivity index (χ4n) is 4.19. The predicted octanol–water partition coefficient (Wildman–Crippen LogP) is 4.68. The van der Waals surface area contributed by atoms with Crippen LogP contribution in [-0.2, 0) is 12.8 Å². The van der Waals surface area contributed by atoms with Crippen LogP contribution in [-0.4, -0.2) is 6.04 Å². The highest BCUT2D eigenvalue weighted by Crippen LogP contribution is 2.43. The van der Waals surface area contributed by atoms with Crippen LogP contribution >= 0.6 is 0 Å². The molecule has 0 heterocycles. The van der Waals surface area contributed by atoms with Crippen molar-refractivity contribution in [3.63, 3.8) is 0 Å². The van der Waals surface area contributed by atoms with E-state index in [0.717, 1.165) is 12.8 Å². The Kier molecular flexibility index (Phi) is 4.18. The molecule has 1 aliphatic carbocycles. The molecule has 1 nitrogen and oxygen atoms in total. The second kappa shape index (κ2) is 6.62. The fourth-order valence-corrected chi connectivity index (χ4v) is 4.19. The van der Waals surface area contributed by atoms with E-state index in [-0.39, 0.29) is 6.04 Å². The van der Waals surface area contributed by atoms with Gasteiger partial charge in [-0.15, -0.1) is 0 Å². The zero-order valence-corrected chi connectivity index (χ0v) is 13.8. The highest BCUT2D eigenvalue weighted by Gasteiger charge is 2.36. The predicted molar refractivity (Wildman–Crippen MR) is 100 cm³/mol. The second-order valence-corrected chi connectivity index (χ2v) is 6.80. The molecule has 0 saturated heterocycles. The molecule has 0 aromatic heterocycles. The molecule has 0 radical (unpaired) electrons. The Labute approximate surface area is 144 Å².